The minimum absolute atomic E-state index is 0.463. The van der Waals surface area contributed by atoms with Gasteiger partial charge in [0.1, 0.15) is 0 Å². The van der Waals surface area contributed by atoms with Crippen LogP contribution < -0.4 is 5.32 Å². The highest BCUT2D eigenvalue weighted by Crippen LogP contribution is 2.31. The predicted octanol–water partition coefficient (Wildman–Crippen LogP) is 3.61. The number of aryl methyl sites for hydroxylation is 1. The first-order chi connectivity index (χ1) is 9.36. The minimum Gasteiger partial charge on any atom is -0.381 e. The van der Waals surface area contributed by atoms with E-state index >= 15 is 0 Å². The van der Waals surface area contributed by atoms with Gasteiger partial charge in [0.15, 0.2) is 0 Å². The molecule has 0 radical (unpaired) electrons. The molecule has 0 spiro atoms. The van der Waals surface area contributed by atoms with Crippen LogP contribution in [0.3, 0.4) is 0 Å². The standard InChI is InChI=1S/C17H25NO/c1-19-15-9-5-8-14(12-15)18-17-11-4-7-13-6-2-3-10-16(13)17/h2-3,6,10,14-15,17-18H,4-5,7-9,11-12H2,1H3. The Morgan fingerprint density at radius 1 is 1.11 bits per heavy atom. The Labute approximate surface area is 116 Å². The summed E-state index contributed by atoms with van der Waals surface area (Å²) in [6.45, 7) is 0. The van der Waals surface area contributed by atoms with Crippen LogP contribution in [0.4, 0.5) is 0 Å². The summed E-state index contributed by atoms with van der Waals surface area (Å²) >= 11 is 0. The van der Waals surface area contributed by atoms with Gasteiger partial charge in [0.2, 0.25) is 0 Å². The molecule has 0 bridgehead atoms. The summed E-state index contributed by atoms with van der Waals surface area (Å²) in [5.41, 5.74) is 3.08. The van der Waals surface area contributed by atoms with Crippen LogP contribution in [0.25, 0.3) is 0 Å². The number of fused-ring (bicyclic) bond motifs is 1. The van der Waals surface area contributed by atoms with Crippen LogP contribution in [0.1, 0.15) is 55.7 Å². The van der Waals surface area contributed by atoms with E-state index in [4.69, 9.17) is 4.74 Å². The minimum atomic E-state index is 0.463. The summed E-state index contributed by atoms with van der Waals surface area (Å²) in [7, 11) is 1.85. The molecule has 1 saturated carbocycles. The van der Waals surface area contributed by atoms with Crippen LogP contribution in [0.15, 0.2) is 24.3 Å². The molecular formula is C17H25NO. The van der Waals surface area contributed by atoms with Gasteiger partial charge in [0.05, 0.1) is 6.10 Å². The third kappa shape index (κ3) is 3.01. The van der Waals surface area contributed by atoms with Crippen LogP contribution in [0.2, 0.25) is 0 Å². The molecule has 1 aromatic carbocycles. The maximum absolute atomic E-state index is 5.54. The van der Waals surface area contributed by atoms with Gasteiger partial charge in [-0.15, -0.1) is 0 Å². The van der Waals surface area contributed by atoms with Crippen molar-refractivity contribution in [1.82, 2.24) is 5.32 Å². The normalized spacial score (nSPS) is 30.9. The molecule has 3 atom stereocenters. The first-order valence-electron chi connectivity index (χ1n) is 7.73. The third-order valence-electron chi connectivity index (χ3n) is 4.77. The van der Waals surface area contributed by atoms with Gasteiger partial charge in [0, 0.05) is 19.2 Å². The summed E-state index contributed by atoms with van der Waals surface area (Å²) in [5, 5.41) is 3.90. The summed E-state index contributed by atoms with van der Waals surface area (Å²) in [6.07, 6.45) is 9.32. The monoisotopic (exact) mass is 259 g/mol. The average molecular weight is 259 g/mol. The fourth-order valence-corrected chi connectivity index (χ4v) is 3.72. The highest BCUT2D eigenvalue weighted by Gasteiger charge is 2.26. The molecule has 0 aromatic heterocycles. The summed E-state index contributed by atoms with van der Waals surface area (Å²) in [4.78, 5) is 0. The van der Waals surface area contributed by atoms with Gasteiger partial charge in [-0.2, -0.15) is 0 Å². The number of ether oxygens (including phenoxy) is 1. The number of rotatable bonds is 3. The van der Waals surface area contributed by atoms with E-state index in [2.05, 4.69) is 29.6 Å². The molecule has 104 valence electrons. The molecule has 19 heavy (non-hydrogen) atoms. The number of nitrogens with one attached hydrogen (secondary N) is 1. The van der Waals surface area contributed by atoms with Crippen molar-refractivity contribution in [1.29, 1.82) is 0 Å². The van der Waals surface area contributed by atoms with E-state index in [9.17, 15) is 0 Å². The molecular weight excluding hydrogens is 234 g/mol. The Morgan fingerprint density at radius 2 is 2.00 bits per heavy atom. The van der Waals surface area contributed by atoms with E-state index in [1.54, 1.807) is 5.56 Å². The SMILES string of the molecule is COC1CCCC(NC2CCCc3ccccc32)C1. The number of methoxy groups -OCH3 is 1. The van der Waals surface area contributed by atoms with E-state index in [0.29, 0.717) is 18.2 Å². The lowest BCUT2D eigenvalue weighted by atomic mass is 9.85. The van der Waals surface area contributed by atoms with E-state index in [0.717, 1.165) is 0 Å². The molecule has 1 aromatic rings. The van der Waals surface area contributed by atoms with Crippen LogP contribution in [0.5, 0.6) is 0 Å². The Bertz CT molecular complexity index is 417. The quantitative estimate of drug-likeness (QED) is 0.895. The molecule has 2 aliphatic carbocycles. The largest absolute Gasteiger partial charge is 0.381 e. The molecule has 0 saturated heterocycles. The van der Waals surface area contributed by atoms with Crippen molar-refractivity contribution >= 4 is 0 Å². The van der Waals surface area contributed by atoms with Crippen LogP contribution in [-0.2, 0) is 11.2 Å². The second-order valence-electron chi connectivity index (χ2n) is 6.03. The van der Waals surface area contributed by atoms with Crippen molar-refractivity contribution in [2.45, 2.75) is 63.1 Å². The highest BCUT2D eigenvalue weighted by molar-refractivity contribution is 5.32. The molecule has 1 N–H and O–H groups in total. The molecule has 3 rings (SSSR count). The van der Waals surface area contributed by atoms with Crippen molar-refractivity contribution in [3.63, 3.8) is 0 Å². The van der Waals surface area contributed by atoms with Crippen molar-refractivity contribution in [2.24, 2.45) is 0 Å². The maximum atomic E-state index is 5.54. The van der Waals surface area contributed by atoms with Crippen molar-refractivity contribution in [3.05, 3.63) is 35.4 Å². The van der Waals surface area contributed by atoms with E-state index in [-0.39, 0.29) is 0 Å². The van der Waals surface area contributed by atoms with Crippen LogP contribution in [-0.4, -0.2) is 19.3 Å². The van der Waals surface area contributed by atoms with Crippen molar-refractivity contribution < 1.29 is 4.74 Å². The Hall–Kier alpha value is -0.860. The van der Waals surface area contributed by atoms with Gasteiger partial charge < -0.3 is 10.1 Å². The van der Waals surface area contributed by atoms with Crippen LogP contribution in [0, 0.1) is 0 Å². The first kappa shape index (κ1) is 13.1. The Kier molecular flexibility index (Phi) is 4.19. The predicted molar refractivity (Wildman–Crippen MR) is 78.3 cm³/mol. The van der Waals surface area contributed by atoms with Crippen molar-refractivity contribution in [3.8, 4) is 0 Å². The Balaban J connectivity index is 1.67. The Morgan fingerprint density at radius 3 is 2.89 bits per heavy atom. The summed E-state index contributed by atoms with van der Waals surface area (Å²) < 4.78 is 5.54. The van der Waals surface area contributed by atoms with Gasteiger partial charge in [-0.1, -0.05) is 24.3 Å². The van der Waals surface area contributed by atoms with Crippen molar-refractivity contribution in [2.75, 3.05) is 7.11 Å². The zero-order valence-corrected chi connectivity index (χ0v) is 11.9. The fraction of sp³-hybridized carbons (Fsp3) is 0.647. The topological polar surface area (TPSA) is 21.3 Å². The van der Waals surface area contributed by atoms with Gasteiger partial charge in [-0.25, -0.2) is 0 Å². The second kappa shape index (κ2) is 6.06. The molecule has 0 aliphatic heterocycles. The van der Waals surface area contributed by atoms with E-state index < -0.39 is 0 Å². The number of hydrogen-bond acceptors (Lipinski definition) is 2. The highest BCUT2D eigenvalue weighted by atomic mass is 16.5. The van der Waals surface area contributed by atoms with Gasteiger partial charge >= 0.3 is 0 Å². The van der Waals surface area contributed by atoms with E-state index in [1.165, 1.54) is 50.5 Å². The lowest BCUT2D eigenvalue weighted by molar-refractivity contribution is 0.0564. The van der Waals surface area contributed by atoms with E-state index in [1.807, 2.05) is 7.11 Å². The molecule has 0 heterocycles. The van der Waals surface area contributed by atoms with Gasteiger partial charge in [-0.05, 0) is 56.1 Å². The lowest BCUT2D eigenvalue weighted by Crippen LogP contribution is -2.39. The fourth-order valence-electron chi connectivity index (χ4n) is 3.72. The molecule has 2 nitrogen and oxygen atoms in total. The summed E-state index contributed by atoms with van der Waals surface area (Å²) in [5.74, 6) is 0. The molecule has 2 heteroatoms. The number of benzene rings is 1. The van der Waals surface area contributed by atoms with Gasteiger partial charge in [0.25, 0.3) is 0 Å². The summed E-state index contributed by atoms with van der Waals surface area (Å²) in [6, 6.07) is 10.1. The van der Waals surface area contributed by atoms with Gasteiger partial charge in [-0.3, -0.25) is 0 Å². The van der Waals surface area contributed by atoms with Crippen LogP contribution >= 0.6 is 0 Å². The smallest absolute Gasteiger partial charge is 0.0586 e. The number of hydrogen-bond donors (Lipinski definition) is 1. The lowest BCUT2D eigenvalue weighted by Gasteiger charge is -2.34. The molecule has 3 unspecified atom stereocenters. The molecule has 2 aliphatic rings. The molecule has 1 fully saturated rings. The average Bonchev–Trinajstić information content (AvgIpc) is 2.48. The first-order valence-corrected chi connectivity index (χ1v) is 7.73. The zero-order valence-electron chi connectivity index (χ0n) is 11.9. The molecule has 0 amide bonds. The zero-order chi connectivity index (χ0) is 13.1. The second-order valence-corrected chi connectivity index (χ2v) is 6.03. The maximum Gasteiger partial charge on any atom is 0.0586 e. The third-order valence-corrected chi connectivity index (χ3v) is 4.77.